The predicted octanol–water partition coefficient (Wildman–Crippen LogP) is 2.88. The lowest BCUT2D eigenvalue weighted by Crippen LogP contribution is -2.36. The second-order valence-electron chi connectivity index (χ2n) is 5.53. The van der Waals surface area contributed by atoms with Crippen molar-refractivity contribution < 1.29 is 9.59 Å². The van der Waals surface area contributed by atoms with Crippen LogP contribution in [0, 0.1) is 0 Å². The zero-order valence-electron chi connectivity index (χ0n) is 13.5. The number of hydrogen-bond acceptors (Lipinski definition) is 5. The molecule has 9 heteroatoms. The van der Waals surface area contributed by atoms with Gasteiger partial charge in [-0.2, -0.15) is 0 Å². The van der Waals surface area contributed by atoms with Crippen molar-refractivity contribution in [3.8, 4) is 0 Å². The van der Waals surface area contributed by atoms with Gasteiger partial charge in [-0.25, -0.2) is 4.98 Å². The van der Waals surface area contributed by atoms with Gasteiger partial charge in [-0.15, -0.1) is 6.58 Å². The number of fused-ring (bicyclic) bond motifs is 1. The number of hydrogen-bond donors (Lipinski definition) is 3. The number of thioether (sulfide) groups is 1. The van der Waals surface area contributed by atoms with Gasteiger partial charge < -0.3 is 15.6 Å². The molecule has 134 valence electrons. The SMILES string of the molecule is C=CCSc1nc2c(c(=O)[nH]1)[C@@H](C(=O)Nc1ccc(Br)cc1)CC(=O)N2. The predicted molar refractivity (Wildman–Crippen MR) is 105 cm³/mol. The van der Waals surface area contributed by atoms with Crippen molar-refractivity contribution in [2.24, 2.45) is 0 Å². The van der Waals surface area contributed by atoms with Gasteiger partial charge in [-0.05, 0) is 24.3 Å². The van der Waals surface area contributed by atoms with Gasteiger partial charge in [-0.1, -0.05) is 33.8 Å². The van der Waals surface area contributed by atoms with Crippen LogP contribution in [0.15, 0.2) is 51.3 Å². The van der Waals surface area contributed by atoms with Crippen LogP contribution in [0.1, 0.15) is 17.9 Å². The molecule has 2 aromatic rings. The fraction of sp³-hybridized carbons (Fsp3) is 0.176. The van der Waals surface area contributed by atoms with E-state index in [1.807, 2.05) is 0 Å². The minimum atomic E-state index is -0.905. The maximum Gasteiger partial charge on any atom is 0.257 e. The van der Waals surface area contributed by atoms with Crippen molar-refractivity contribution in [3.63, 3.8) is 0 Å². The molecule has 0 bridgehead atoms. The molecule has 1 aromatic carbocycles. The number of amides is 2. The quantitative estimate of drug-likeness (QED) is 0.381. The summed E-state index contributed by atoms with van der Waals surface area (Å²) in [7, 11) is 0. The summed E-state index contributed by atoms with van der Waals surface area (Å²) in [4.78, 5) is 44.1. The normalized spacial score (nSPS) is 15.7. The molecule has 7 nitrogen and oxygen atoms in total. The number of benzene rings is 1. The number of halogens is 1. The van der Waals surface area contributed by atoms with E-state index in [1.54, 1.807) is 30.3 Å². The summed E-state index contributed by atoms with van der Waals surface area (Å²) in [5.41, 5.74) is 0.313. The second kappa shape index (κ2) is 7.88. The van der Waals surface area contributed by atoms with Gasteiger partial charge in [-0.3, -0.25) is 14.4 Å². The second-order valence-corrected chi connectivity index (χ2v) is 7.46. The lowest BCUT2D eigenvalue weighted by atomic mass is 9.92. The first kappa shape index (κ1) is 18.4. The standard InChI is InChI=1S/C17H15BrN4O3S/c1-2-7-26-17-21-14-13(16(25)22-17)11(8-12(23)20-14)15(24)19-10-5-3-9(18)4-6-10/h2-6,11H,1,7-8H2,(H,19,24)(H2,20,21,22,23,25)/t11-/m0/s1. The van der Waals surface area contributed by atoms with Crippen LogP contribution in [0.3, 0.4) is 0 Å². The lowest BCUT2D eigenvalue weighted by molar-refractivity contribution is -0.123. The third kappa shape index (κ3) is 4.05. The van der Waals surface area contributed by atoms with Gasteiger partial charge in [0, 0.05) is 22.3 Å². The summed E-state index contributed by atoms with van der Waals surface area (Å²) >= 11 is 4.61. The zero-order valence-corrected chi connectivity index (χ0v) is 15.9. The fourth-order valence-corrected chi connectivity index (χ4v) is 3.40. The third-order valence-electron chi connectivity index (χ3n) is 3.70. The van der Waals surface area contributed by atoms with Gasteiger partial charge in [0.15, 0.2) is 5.16 Å². The average molecular weight is 435 g/mol. The van der Waals surface area contributed by atoms with Gasteiger partial charge in [0.05, 0.1) is 11.5 Å². The van der Waals surface area contributed by atoms with Gasteiger partial charge in [0.2, 0.25) is 11.8 Å². The largest absolute Gasteiger partial charge is 0.326 e. The summed E-state index contributed by atoms with van der Waals surface area (Å²) in [6.07, 6.45) is 1.57. The Hall–Kier alpha value is -2.39. The van der Waals surface area contributed by atoms with E-state index in [0.29, 0.717) is 16.6 Å². The number of rotatable bonds is 5. The molecule has 1 atom stereocenters. The van der Waals surface area contributed by atoms with Crippen molar-refractivity contribution in [3.05, 3.63) is 57.3 Å². The first-order chi connectivity index (χ1) is 12.5. The first-order valence-corrected chi connectivity index (χ1v) is 9.50. The molecule has 0 unspecified atom stereocenters. The van der Waals surface area contributed by atoms with Crippen LogP contribution >= 0.6 is 27.7 Å². The molecule has 0 saturated heterocycles. The van der Waals surface area contributed by atoms with E-state index in [2.05, 4.69) is 43.1 Å². The molecule has 2 amide bonds. The van der Waals surface area contributed by atoms with Crippen molar-refractivity contribution >= 4 is 51.0 Å². The number of nitrogens with zero attached hydrogens (tertiary/aromatic N) is 1. The smallest absolute Gasteiger partial charge is 0.257 e. The number of nitrogens with one attached hydrogen (secondary N) is 3. The Morgan fingerprint density at radius 2 is 2.12 bits per heavy atom. The van der Waals surface area contributed by atoms with Gasteiger partial charge in [0.1, 0.15) is 5.82 Å². The number of H-pyrrole nitrogens is 1. The van der Waals surface area contributed by atoms with Crippen molar-refractivity contribution in [1.82, 2.24) is 9.97 Å². The van der Waals surface area contributed by atoms with E-state index in [1.165, 1.54) is 11.8 Å². The number of carbonyl (C=O) groups is 2. The molecule has 0 spiro atoms. The number of aromatic amines is 1. The van der Waals surface area contributed by atoms with Gasteiger partial charge in [0.25, 0.3) is 5.56 Å². The topological polar surface area (TPSA) is 104 Å². The maximum atomic E-state index is 12.7. The highest BCUT2D eigenvalue weighted by Gasteiger charge is 2.34. The van der Waals surface area contributed by atoms with Crippen LogP contribution in [0.25, 0.3) is 0 Å². The van der Waals surface area contributed by atoms with E-state index in [4.69, 9.17) is 0 Å². The lowest BCUT2D eigenvalue weighted by Gasteiger charge is -2.23. The average Bonchev–Trinajstić information content (AvgIpc) is 2.60. The minimum absolute atomic E-state index is 0.112. The molecule has 2 heterocycles. The summed E-state index contributed by atoms with van der Waals surface area (Å²) in [6, 6.07) is 7.02. The van der Waals surface area contributed by atoms with Crippen molar-refractivity contribution in [2.45, 2.75) is 17.5 Å². The maximum absolute atomic E-state index is 12.7. The summed E-state index contributed by atoms with van der Waals surface area (Å²) in [5, 5.41) is 5.68. The molecule has 0 radical (unpaired) electrons. The summed E-state index contributed by atoms with van der Waals surface area (Å²) in [5.74, 6) is -0.999. The molecular formula is C17H15BrN4O3S. The van der Waals surface area contributed by atoms with Crippen LogP contribution in [-0.4, -0.2) is 27.5 Å². The molecule has 0 fully saturated rings. The molecule has 3 N–H and O–H groups in total. The zero-order chi connectivity index (χ0) is 18.7. The van der Waals surface area contributed by atoms with E-state index >= 15 is 0 Å². The molecule has 0 saturated carbocycles. The Balaban J connectivity index is 1.91. The summed E-state index contributed by atoms with van der Waals surface area (Å²) in [6.45, 7) is 3.61. The summed E-state index contributed by atoms with van der Waals surface area (Å²) < 4.78 is 0.878. The molecule has 26 heavy (non-hydrogen) atoms. The Kier molecular flexibility index (Phi) is 5.58. The van der Waals surface area contributed by atoms with Crippen molar-refractivity contribution in [1.29, 1.82) is 0 Å². The highest BCUT2D eigenvalue weighted by Crippen LogP contribution is 2.30. The number of carbonyl (C=O) groups excluding carboxylic acids is 2. The molecule has 1 aliphatic rings. The number of anilines is 2. The molecule has 0 aliphatic carbocycles. The van der Waals surface area contributed by atoms with Crippen LogP contribution < -0.4 is 16.2 Å². The van der Waals surface area contributed by atoms with Crippen molar-refractivity contribution in [2.75, 3.05) is 16.4 Å². The highest BCUT2D eigenvalue weighted by molar-refractivity contribution is 9.10. The van der Waals surface area contributed by atoms with E-state index in [9.17, 15) is 14.4 Å². The van der Waals surface area contributed by atoms with E-state index in [-0.39, 0.29) is 23.7 Å². The van der Waals surface area contributed by atoms with E-state index < -0.39 is 17.4 Å². The molecule has 3 rings (SSSR count). The minimum Gasteiger partial charge on any atom is -0.326 e. The highest BCUT2D eigenvalue weighted by atomic mass is 79.9. The fourth-order valence-electron chi connectivity index (χ4n) is 2.54. The Labute approximate surface area is 161 Å². The Morgan fingerprint density at radius 3 is 2.81 bits per heavy atom. The monoisotopic (exact) mass is 434 g/mol. The Bertz CT molecular complexity index is 927. The van der Waals surface area contributed by atoms with Crippen LogP contribution in [0.2, 0.25) is 0 Å². The molecular weight excluding hydrogens is 420 g/mol. The van der Waals surface area contributed by atoms with Crippen LogP contribution in [-0.2, 0) is 9.59 Å². The molecule has 1 aromatic heterocycles. The van der Waals surface area contributed by atoms with Gasteiger partial charge >= 0.3 is 0 Å². The van der Waals surface area contributed by atoms with Crippen LogP contribution in [0.5, 0.6) is 0 Å². The Morgan fingerprint density at radius 1 is 1.38 bits per heavy atom. The van der Waals surface area contributed by atoms with Crippen LogP contribution in [0.4, 0.5) is 11.5 Å². The van der Waals surface area contributed by atoms with E-state index in [0.717, 1.165) is 4.47 Å². The first-order valence-electron chi connectivity index (χ1n) is 7.72. The molecule has 1 aliphatic heterocycles. The number of aromatic nitrogens is 2. The third-order valence-corrected chi connectivity index (χ3v) is 5.09.